The summed E-state index contributed by atoms with van der Waals surface area (Å²) in [7, 11) is 1.95. The largest absolute Gasteiger partial charge is 0.416 e. The predicted octanol–water partition coefficient (Wildman–Crippen LogP) is 2.90. The number of rotatable bonds is 6. The third-order valence-corrected chi connectivity index (χ3v) is 6.01. The van der Waals surface area contributed by atoms with Crippen LogP contribution in [0.5, 0.6) is 0 Å². The molecule has 0 spiro atoms. The number of hydrogen-bond acceptors (Lipinski definition) is 4. The minimum atomic E-state index is -4.55. The van der Waals surface area contributed by atoms with Crippen LogP contribution in [-0.4, -0.2) is 60.5 Å². The Morgan fingerprint density at radius 1 is 1.06 bits per heavy atom. The normalized spacial score (nSPS) is 18.7. The second-order valence-electron chi connectivity index (χ2n) is 8.43. The first-order valence-corrected chi connectivity index (χ1v) is 11.2. The van der Waals surface area contributed by atoms with Crippen molar-refractivity contribution in [2.75, 3.05) is 26.7 Å². The highest BCUT2D eigenvalue weighted by Crippen LogP contribution is 2.29. The zero-order valence-electron chi connectivity index (χ0n) is 18.9. The molecule has 0 bridgehead atoms. The van der Waals surface area contributed by atoms with Gasteiger partial charge in [0.25, 0.3) is 5.91 Å². The molecule has 0 radical (unpaired) electrons. The van der Waals surface area contributed by atoms with Crippen LogP contribution in [0.4, 0.5) is 13.2 Å². The number of carbonyl (C=O) groups is 2. The number of carbonyl (C=O) groups excluding carboxylic acids is 2. The highest BCUT2D eigenvalue weighted by molar-refractivity contribution is 7.80. The van der Waals surface area contributed by atoms with Crippen LogP contribution >= 0.6 is 12.2 Å². The summed E-state index contributed by atoms with van der Waals surface area (Å²) < 4.78 is 38.6. The maximum atomic E-state index is 12.9. The van der Waals surface area contributed by atoms with Crippen LogP contribution in [0.1, 0.15) is 33.5 Å². The highest BCUT2D eigenvalue weighted by atomic mass is 32.1. The van der Waals surface area contributed by atoms with E-state index in [1.807, 2.05) is 38.2 Å². The molecular weight excluding hydrogens is 465 g/mol. The molecule has 3 N–H and O–H groups in total. The maximum absolute atomic E-state index is 12.9. The maximum Gasteiger partial charge on any atom is 0.416 e. The van der Waals surface area contributed by atoms with Crippen molar-refractivity contribution >= 4 is 29.0 Å². The van der Waals surface area contributed by atoms with Crippen LogP contribution in [0.2, 0.25) is 0 Å². The van der Waals surface area contributed by atoms with E-state index in [0.717, 1.165) is 42.3 Å². The van der Waals surface area contributed by atoms with E-state index in [-0.39, 0.29) is 24.2 Å². The van der Waals surface area contributed by atoms with Crippen molar-refractivity contribution in [1.82, 2.24) is 20.9 Å². The van der Waals surface area contributed by atoms with E-state index in [1.54, 1.807) is 0 Å². The van der Waals surface area contributed by atoms with Crippen LogP contribution in [-0.2, 0) is 11.0 Å². The second-order valence-corrected chi connectivity index (χ2v) is 8.84. The number of nitrogens with one attached hydrogen (secondary N) is 3. The Balaban J connectivity index is 1.57. The number of halogens is 3. The van der Waals surface area contributed by atoms with Crippen molar-refractivity contribution < 1.29 is 22.8 Å². The number of thiocarbonyl (C=S) groups is 1. The molecule has 6 nitrogen and oxygen atoms in total. The first-order chi connectivity index (χ1) is 16.0. The molecule has 34 heavy (non-hydrogen) atoms. The number of likely N-dealkylation sites (tertiary alicyclic amines) is 1. The number of nitrogens with zero attached hydrogens (tertiary/aromatic N) is 1. The summed E-state index contributed by atoms with van der Waals surface area (Å²) >= 11 is 5.54. The molecule has 2 amide bonds. The second kappa shape index (κ2) is 11.0. The van der Waals surface area contributed by atoms with Gasteiger partial charge in [-0.05, 0) is 45.1 Å². The molecular formula is C24H27F3N4O2S. The fourth-order valence-electron chi connectivity index (χ4n) is 3.75. The molecule has 10 heteroatoms. The molecule has 0 aromatic heterocycles. The highest BCUT2D eigenvalue weighted by Gasteiger charge is 2.31. The molecule has 2 aromatic rings. The summed E-state index contributed by atoms with van der Waals surface area (Å²) in [5.74, 6) is -1.19. The molecule has 1 saturated heterocycles. The van der Waals surface area contributed by atoms with Crippen molar-refractivity contribution in [3.63, 3.8) is 0 Å². The summed E-state index contributed by atoms with van der Waals surface area (Å²) in [4.78, 5) is 27.5. The third kappa shape index (κ3) is 7.01. The Bertz CT molecular complexity index is 1040. The minimum Gasteiger partial charge on any atom is -0.371 e. The zero-order chi connectivity index (χ0) is 24.9. The van der Waals surface area contributed by atoms with Gasteiger partial charge in [0.05, 0.1) is 18.2 Å². The van der Waals surface area contributed by atoms with Gasteiger partial charge in [-0.1, -0.05) is 48.1 Å². The quantitative estimate of drug-likeness (QED) is 0.541. The molecule has 0 saturated carbocycles. The summed E-state index contributed by atoms with van der Waals surface area (Å²) in [6.45, 7) is 3.05. The van der Waals surface area contributed by atoms with Gasteiger partial charge in [0, 0.05) is 23.7 Å². The number of benzene rings is 2. The fourth-order valence-corrected chi connectivity index (χ4v) is 4.04. The van der Waals surface area contributed by atoms with Crippen LogP contribution in [0, 0.1) is 6.92 Å². The summed E-state index contributed by atoms with van der Waals surface area (Å²) in [5.41, 5.74) is 0.928. The van der Waals surface area contributed by atoms with Gasteiger partial charge in [0.1, 0.15) is 4.99 Å². The Labute approximate surface area is 201 Å². The molecule has 1 aliphatic heterocycles. The van der Waals surface area contributed by atoms with Crippen molar-refractivity contribution in [3.8, 4) is 0 Å². The van der Waals surface area contributed by atoms with Gasteiger partial charge in [-0.2, -0.15) is 13.2 Å². The summed E-state index contributed by atoms with van der Waals surface area (Å²) in [5, 5.41) is 8.63. The monoisotopic (exact) mass is 492 g/mol. The van der Waals surface area contributed by atoms with Gasteiger partial charge in [-0.3, -0.25) is 9.59 Å². The topological polar surface area (TPSA) is 73.5 Å². The SMILES string of the molecule is Cc1ccc(C(=S)N[C@H]2CCN(C)C[C@H]2NC(=O)CNC(=O)c2cccc(C(F)(F)F)c2)cc1. The smallest absolute Gasteiger partial charge is 0.371 e. The van der Waals surface area contributed by atoms with Crippen molar-refractivity contribution in [1.29, 1.82) is 0 Å². The third-order valence-electron chi connectivity index (χ3n) is 5.65. The number of amides is 2. The number of piperidine rings is 1. The molecule has 0 unspecified atom stereocenters. The van der Waals surface area contributed by atoms with Gasteiger partial charge in [-0.15, -0.1) is 0 Å². The van der Waals surface area contributed by atoms with Crippen LogP contribution in [0.15, 0.2) is 48.5 Å². The van der Waals surface area contributed by atoms with Crippen LogP contribution in [0.25, 0.3) is 0 Å². The van der Waals surface area contributed by atoms with Crippen LogP contribution in [0.3, 0.4) is 0 Å². The molecule has 1 fully saturated rings. The Morgan fingerprint density at radius 3 is 2.44 bits per heavy atom. The molecule has 0 aliphatic carbocycles. The number of hydrogen-bond donors (Lipinski definition) is 3. The Morgan fingerprint density at radius 2 is 1.76 bits per heavy atom. The van der Waals surface area contributed by atoms with E-state index in [1.165, 1.54) is 6.07 Å². The van der Waals surface area contributed by atoms with Crippen molar-refractivity contribution in [2.45, 2.75) is 31.6 Å². The lowest BCUT2D eigenvalue weighted by Gasteiger charge is -2.38. The van der Waals surface area contributed by atoms with E-state index in [2.05, 4.69) is 20.9 Å². The molecule has 1 aliphatic rings. The van der Waals surface area contributed by atoms with Gasteiger partial charge < -0.3 is 20.9 Å². The zero-order valence-corrected chi connectivity index (χ0v) is 19.7. The standard InChI is InChI=1S/C24H27F3N4O2S/c1-15-6-8-16(9-7-15)23(34)30-19-10-11-31(2)14-20(19)29-21(32)13-28-22(33)17-4-3-5-18(12-17)24(25,26)27/h3-9,12,19-20H,10-11,13-14H2,1-2H3,(H,28,33)(H,29,32)(H,30,34)/t19-,20+/m0/s1. The van der Waals surface area contributed by atoms with Crippen molar-refractivity contribution in [3.05, 3.63) is 70.8 Å². The molecule has 2 atom stereocenters. The summed E-state index contributed by atoms with van der Waals surface area (Å²) in [6.07, 6.45) is -3.80. The van der Waals surface area contributed by atoms with E-state index in [4.69, 9.17) is 12.2 Å². The molecule has 2 aromatic carbocycles. The first kappa shape index (κ1) is 25.6. The van der Waals surface area contributed by atoms with Gasteiger partial charge >= 0.3 is 6.18 Å². The van der Waals surface area contributed by atoms with E-state index in [9.17, 15) is 22.8 Å². The first-order valence-electron chi connectivity index (χ1n) is 10.8. The lowest BCUT2D eigenvalue weighted by atomic mass is 9.99. The molecule has 182 valence electrons. The lowest BCUT2D eigenvalue weighted by molar-refractivity contribution is -0.137. The number of alkyl halides is 3. The van der Waals surface area contributed by atoms with E-state index >= 15 is 0 Å². The van der Waals surface area contributed by atoms with E-state index < -0.39 is 23.6 Å². The summed E-state index contributed by atoms with van der Waals surface area (Å²) in [6, 6.07) is 11.5. The molecule has 1 heterocycles. The average Bonchev–Trinajstić information content (AvgIpc) is 2.79. The van der Waals surface area contributed by atoms with Crippen LogP contribution < -0.4 is 16.0 Å². The average molecular weight is 493 g/mol. The lowest BCUT2D eigenvalue weighted by Crippen LogP contribution is -2.60. The fraction of sp³-hybridized carbons (Fsp3) is 0.375. The van der Waals surface area contributed by atoms with Gasteiger partial charge in [-0.25, -0.2) is 0 Å². The van der Waals surface area contributed by atoms with E-state index in [0.29, 0.717) is 11.5 Å². The number of aryl methyl sites for hydroxylation is 1. The Kier molecular flexibility index (Phi) is 8.27. The predicted molar refractivity (Wildman–Crippen MR) is 128 cm³/mol. The number of likely N-dealkylation sites (N-methyl/N-ethyl adjacent to an activating group) is 1. The minimum absolute atomic E-state index is 0.104. The Hall–Kier alpha value is -2.98. The molecule has 3 rings (SSSR count). The van der Waals surface area contributed by atoms with Gasteiger partial charge in [0.2, 0.25) is 5.91 Å². The van der Waals surface area contributed by atoms with Crippen molar-refractivity contribution in [2.24, 2.45) is 0 Å². The van der Waals surface area contributed by atoms with Gasteiger partial charge in [0.15, 0.2) is 0 Å².